The Kier molecular flexibility index (Phi) is 7.04. The zero-order valence-corrected chi connectivity index (χ0v) is 9.50. The second kappa shape index (κ2) is 7.14. The smallest absolute Gasteiger partial charge is 0.111 e. The average molecular weight is 222 g/mol. The minimum Gasteiger partial charge on any atom is -0.394 e. The number of rotatable bonds is 2. The summed E-state index contributed by atoms with van der Waals surface area (Å²) in [6.45, 7) is 5.44. The van der Waals surface area contributed by atoms with Crippen LogP contribution in [0.25, 0.3) is 0 Å². The quantitative estimate of drug-likeness (QED) is 0.494. The predicted molar refractivity (Wildman–Crippen MR) is 55.4 cm³/mol. The van der Waals surface area contributed by atoms with E-state index in [1.54, 1.807) is 6.92 Å². The summed E-state index contributed by atoms with van der Waals surface area (Å²) in [4.78, 5) is 0. The van der Waals surface area contributed by atoms with Gasteiger partial charge in [-0.1, -0.05) is 20.8 Å². The van der Waals surface area contributed by atoms with Crippen molar-refractivity contribution in [1.29, 1.82) is 0 Å². The molecule has 0 aromatic rings. The van der Waals surface area contributed by atoms with E-state index in [1.165, 1.54) is 0 Å². The van der Waals surface area contributed by atoms with Gasteiger partial charge in [0.15, 0.2) is 0 Å². The van der Waals surface area contributed by atoms with Gasteiger partial charge in [0, 0.05) is 0 Å². The Hall–Kier alpha value is -0.200. The Morgan fingerprint density at radius 2 is 1.40 bits per heavy atom. The molecule has 92 valence electrons. The van der Waals surface area contributed by atoms with Crippen molar-refractivity contribution in [3.05, 3.63) is 0 Å². The summed E-state index contributed by atoms with van der Waals surface area (Å²) in [5.41, 5.74) is 0. The summed E-state index contributed by atoms with van der Waals surface area (Å²) in [7, 11) is 0. The Bertz CT molecular complexity index is 144. The second-order valence-electron chi connectivity index (χ2n) is 3.28. The van der Waals surface area contributed by atoms with Gasteiger partial charge in [-0.15, -0.1) is 0 Å². The fraction of sp³-hybridized carbons (Fsp3) is 1.00. The maximum absolute atomic E-state index is 9.40. The van der Waals surface area contributed by atoms with Crippen LogP contribution >= 0.6 is 0 Å². The summed E-state index contributed by atoms with van der Waals surface area (Å²) in [6, 6.07) is 0. The van der Waals surface area contributed by atoms with Crippen molar-refractivity contribution in [3.63, 3.8) is 0 Å². The molecule has 1 saturated heterocycles. The van der Waals surface area contributed by atoms with Crippen molar-refractivity contribution in [2.75, 3.05) is 6.61 Å². The number of ether oxygens (including phenoxy) is 1. The molecule has 1 rings (SSSR count). The largest absolute Gasteiger partial charge is 0.394 e. The molecule has 0 spiro atoms. The third kappa shape index (κ3) is 3.39. The normalized spacial score (nSPS) is 40.6. The van der Waals surface area contributed by atoms with Crippen LogP contribution in [0.1, 0.15) is 27.2 Å². The molecule has 5 unspecified atom stereocenters. The molecule has 0 bridgehead atoms. The van der Waals surface area contributed by atoms with Gasteiger partial charge in [-0.05, 0) is 6.42 Å². The molecule has 0 aliphatic carbocycles. The monoisotopic (exact) mass is 222 g/mol. The van der Waals surface area contributed by atoms with Crippen molar-refractivity contribution in [3.8, 4) is 0 Å². The van der Waals surface area contributed by atoms with E-state index in [1.807, 2.05) is 13.8 Å². The van der Waals surface area contributed by atoms with E-state index in [0.29, 0.717) is 6.42 Å². The molecule has 4 N–H and O–H groups in total. The Morgan fingerprint density at radius 3 is 1.80 bits per heavy atom. The van der Waals surface area contributed by atoms with E-state index >= 15 is 0 Å². The van der Waals surface area contributed by atoms with Crippen LogP contribution in [0.2, 0.25) is 0 Å². The van der Waals surface area contributed by atoms with Gasteiger partial charge in [0.1, 0.15) is 24.4 Å². The molecule has 1 heterocycles. The molecule has 1 fully saturated rings. The van der Waals surface area contributed by atoms with Crippen LogP contribution in [0.4, 0.5) is 0 Å². The highest BCUT2D eigenvalue weighted by molar-refractivity contribution is 4.91. The Balaban J connectivity index is 0.000000921. The minimum absolute atomic E-state index is 0.360. The molecule has 1 aliphatic heterocycles. The zero-order chi connectivity index (χ0) is 12.0. The minimum atomic E-state index is -1.24. The van der Waals surface area contributed by atoms with Gasteiger partial charge < -0.3 is 25.2 Å². The van der Waals surface area contributed by atoms with Gasteiger partial charge >= 0.3 is 0 Å². The van der Waals surface area contributed by atoms with Crippen LogP contribution in [0, 0.1) is 0 Å². The summed E-state index contributed by atoms with van der Waals surface area (Å²) < 4.78 is 5.17. The first kappa shape index (κ1) is 14.8. The molecule has 5 nitrogen and oxygen atoms in total. The number of aliphatic hydroxyl groups is 4. The van der Waals surface area contributed by atoms with E-state index in [9.17, 15) is 15.3 Å². The van der Waals surface area contributed by atoms with Crippen LogP contribution in [-0.4, -0.2) is 57.6 Å². The van der Waals surface area contributed by atoms with Crippen molar-refractivity contribution in [2.45, 2.75) is 57.7 Å². The predicted octanol–water partition coefficient (Wildman–Crippen LogP) is -0.735. The van der Waals surface area contributed by atoms with Gasteiger partial charge in [0.2, 0.25) is 0 Å². The van der Waals surface area contributed by atoms with Crippen LogP contribution in [0.3, 0.4) is 0 Å². The number of aliphatic hydroxyl groups excluding tert-OH is 4. The lowest BCUT2D eigenvalue weighted by Crippen LogP contribution is -2.58. The first-order chi connectivity index (χ1) is 7.11. The first-order valence-corrected chi connectivity index (χ1v) is 5.42. The molecule has 0 radical (unpaired) electrons. The van der Waals surface area contributed by atoms with Gasteiger partial charge in [-0.2, -0.15) is 0 Å². The fourth-order valence-corrected chi connectivity index (χ4v) is 1.52. The third-order valence-electron chi connectivity index (χ3n) is 2.39. The summed E-state index contributed by atoms with van der Waals surface area (Å²) in [6.07, 6.45) is -4.33. The maximum atomic E-state index is 9.40. The van der Waals surface area contributed by atoms with Crippen LogP contribution < -0.4 is 0 Å². The molecular weight excluding hydrogens is 200 g/mol. The maximum Gasteiger partial charge on any atom is 0.111 e. The first-order valence-electron chi connectivity index (χ1n) is 5.42. The van der Waals surface area contributed by atoms with E-state index in [0.717, 1.165) is 0 Å². The lowest BCUT2D eigenvalue weighted by Gasteiger charge is -2.39. The summed E-state index contributed by atoms with van der Waals surface area (Å²) in [5, 5.41) is 36.9. The highest BCUT2D eigenvalue weighted by Crippen LogP contribution is 2.22. The molecule has 0 saturated carbocycles. The van der Waals surface area contributed by atoms with E-state index in [2.05, 4.69) is 0 Å². The SMILES string of the molecule is CC.CCC1OC(CO)C(O)C(O)C1O. The van der Waals surface area contributed by atoms with Crippen LogP contribution in [-0.2, 0) is 4.74 Å². The lowest BCUT2D eigenvalue weighted by atomic mass is 9.94. The van der Waals surface area contributed by atoms with Crippen LogP contribution in [0.15, 0.2) is 0 Å². The number of hydrogen-bond donors (Lipinski definition) is 4. The van der Waals surface area contributed by atoms with Gasteiger partial charge in [-0.3, -0.25) is 0 Å². The van der Waals surface area contributed by atoms with E-state index < -0.39 is 30.5 Å². The number of hydrogen-bond acceptors (Lipinski definition) is 5. The molecule has 5 atom stereocenters. The molecular formula is C10H22O5. The second-order valence-corrected chi connectivity index (χ2v) is 3.28. The molecule has 0 aromatic carbocycles. The summed E-state index contributed by atoms with van der Waals surface area (Å²) in [5.74, 6) is 0. The van der Waals surface area contributed by atoms with Crippen LogP contribution in [0.5, 0.6) is 0 Å². The zero-order valence-electron chi connectivity index (χ0n) is 9.50. The lowest BCUT2D eigenvalue weighted by molar-refractivity contribution is -0.229. The van der Waals surface area contributed by atoms with E-state index in [-0.39, 0.29) is 6.61 Å². The van der Waals surface area contributed by atoms with Crippen molar-refractivity contribution < 1.29 is 25.2 Å². The Labute approximate surface area is 90.3 Å². The van der Waals surface area contributed by atoms with Crippen molar-refractivity contribution in [2.24, 2.45) is 0 Å². The van der Waals surface area contributed by atoms with Crippen molar-refractivity contribution in [1.82, 2.24) is 0 Å². The molecule has 15 heavy (non-hydrogen) atoms. The van der Waals surface area contributed by atoms with Gasteiger partial charge in [-0.25, -0.2) is 0 Å². The highest BCUT2D eigenvalue weighted by Gasteiger charge is 2.42. The summed E-state index contributed by atoms with van der Waals surface area (Å²) >= 11 is 0. The topological polar surface area (TPSA) is 90.2 Å². The highest BCUT2D eigenvalue weighted by atomic mass is 16.5. The molecule has 1 aliphatic rings. The molecule has 0 aromatic heterocycles. The fourth-order valence-electron chi connectivity index (χ4n) is 1.52. The molecule has 5 heteroatoms. The van der Waals surface area contributed by atoms with Gasteiger partial charge in [0.05, 0.1) is 12.7 Å². The third-order valence-corrected chi connectivity index (χ3v) is 2.39. The van der Waals surface area contributed by atoms with E-state index in [4.69, 9.17) is 9.84 Å². The standard InChI is InChI=1S/C8H16O5.C2H6/c1-2-4-6(10)8(12)7(11)5(3-9)13-4;1-2/h4-12H,2-3H2,1H3;1-2H3. The average Bonchev–Trinajstić information content (AvgIpc) is 2.29. The van der Waals surface area contributed by atoms with Crippen molar-refractivity contribution >= 4 is 0 Å². The van der Waals surface area contributed by atoms with Gasteiger partial charge in [0.25, 0.3) is 0 Å². The molecule has 0 amide bonds. The Morgan fingerprint density at radius 1 is 0.933 bits per heavy atom.